The minimum Gasteiger partial charge on any atom is -0.310 e. The highest BCUT2D eigenvalue weighted by Gasteiger charge is 2.35. The fraction of sp³-hybridized carbons (Fsp3) is 0.0698. The second kappa shape index (κ2) is 9.92. The molecule has 0 amide bonds. The third kappa shape index (κ3) is 3.99. The first-order valence-electron chi connectivity index (χ1n) is 15.6. The molecular formula is C43H31NS. The molecule has 0 spiro atoms. The molecule has 1 aliphatic carbocycles. The molecule has 214 valence electrons. The Morgan fingerprint density at radius 1 is 0.467 bits per heavy atom. The fourth-order valence-corrected chi connectivity index (χ4v) is 8.66. The summed E-state index contributed by atoms with van der Waals surface area (Å²) in [5, 5.41) is 5.17. The zero-order chi connectivity index (χ0) is 30.1. The lowest BCUT2D eigenvalue weighted by atomic mass is 9.82. The molecule has 1 heterocycles. The molecule has 9 rings (SSSR count). The minimum atomic E-state index is -0.0380. The van der Waals surface area contributed by atoms with Gasteiger partial charge in [0.25, 0.3) is 0 Å². The van der Waals surface area contributed by atoms with Crippen LogP contribution in [0.3, 0.4) is 0 Å². The van der Waals surface area contributed by atoms with E-state index in [4.69, 9.17) is 0 Å². The van der Waals surface area contributed by atoms with E-state index in [1.807, 2.05) is 11.3 Å². The predicted molar refractivity (Wildman–Crippen MR) is 195 cm³/mol. The highest BCUT2D eigenvalue weighted by atomic mass is 32.1. The molecule has 0 bridgehead atoms. The number of nitrogens with zero attached hydrogens (tertiary/aromatic N) is 1. The quantitative estimate of drug-likeness (QED) is 0.196. The number of benzene rings is 7. The van der Waals surface area contributed by atoms with E-state index in [1.165, 1.54) is 70.0 Å². The minimum absolute atomic E-state index is 0.0380. The molecule has 45 heavy (non-hydrogen) atoms. The van der Waals surface area contributed by atoms with E-state index in [0.29, 0.717) is 0 Å². The summed E-state index contributed by atoms with van der Waals surface area (Å²) in [6, 6.07) is 55.9. The highest BCUT2D eigenvalue weighted by molar-refractivity contribution is 7.26. The Morgan fingerprint density at radius 2 is 1.13 bits per heavy atom. The van der Waals surface area contributed by atoms with Gasteiger partial charge in [-0.2, -0.15) is 0 Å². The van der Waals surface area contributed by atoms with Crippen LogP contribution >= 0.6 is 11.3 Å². The van der Waals surface area contributed by atoms with Gasteiger partial charge in [0.2, 0.25) is 0 Å². The van der Waals surface area contributed by atoms with E-state index in [0.717, 1.165) is 11.4 Å². The van der Waals surface area contributed by atoms with Crippen molar-refractivity contribution in [2.75, 3.05) is 4.90 Å². The van der Waals surface area contributed by atoms with Gasteiger partial charge in [0.1, 0.15) is 0 Å². The Bertz CT molecular complexity index is 2410. The van der Waals surface area contributed by atoms with Gasteiger partial charge in [0, 0.05) is 47.7 Å². The van der Waals surface area contributed by atoms with Crippen molar-refractivity contribution < 1.29 is 0 Å². The molecular weight excluding hydrogens is 563 g/mol. The lowest BCUT2D eigenvalue weighted by molar-refractivity contribution is 0.660. The van der Waals surface area contributed by atoms with E-state index < -0.39 is 0 Å². The van der Waals surface area contributed by atoms with Crippen LogP contribution in [0.1, 0.15) is 25.0 Å². The van der Waals surface area contributed by atoms with Crippen molar-refractivity contribution in [1.82, 2.24) is 0 Å². The van der Waals surface area contributed by atoms with Crippen molar-refractivity contribution in [3.63, 3.8) is 0 Å². The van der Waals surface area contributed by atoms with Crippen molar-refractivity contribution in [3.05, 3.63) is 163 Å². The molecule has 0 saturated heterocycles. The molecule has 8 aromatic rings. The third-order valence-corrected chi connectivity index (χ3v) is 10.9. The largest absolute Gasteiger partial charge is 0.310 e. The fourth-order valence-electron chi connectivity index (χ4n) is 7.44. The van der Waals surface area contributed by atoms with Crippen LogP contribution in [0.2, 0.25) is 0 Å². The summed E-state index contributed by atoms with van der Waals surface area (Å²) in [5.41, 5.74) is 11.3. The number of rotatable bonds is 4. The van der Waals surface area contributed by atoms with Crippen molar-refractivity contribution >= 4 is 59.3 Å². The van der Waals surface area contributed by atoms with Crippen LogP contribution in [0.5, 0.6) is 0 Å². The number of anilines is 3. The molecule has 0 fully saturated rings. The summed E-state index contributed by atoms with van der Waals surface area (Å²) in [4.78, 5) is 2.48. The summed E-state index contributed by atoms with van der Waals surface area (Å²) < 4.78 is 2.67. The molecule has 1 nitrogen and oxygen atoms in total. The van der Waals surface area contributed by atoms with Gasteiger partial charge in [0.15, 0.2) is 0 Å². The van der Waals surface area contributed by atoms with Gasteiger partial charge in [-0.15, -0.1) is 11.3 Å². The molecule has 0 N–H and O–H groups in total. The highest BCUT2D eigenvalue weighted by Crippen LogP contribution is 2.52. The normalized spacial score (nSPS) is 13.3. The van der Waals surface area contributed by atoms with Gasteiger partial charge in [-0.05, 0) is 69.8 Å². The van der Waals surface area contributed by atoms with Crippen LogP contribution in [-0.2, 0) is 5.41 Å². The summed E-state index contributed by atoms with van der Waals surface area (Å²) in [5.74, 6) is 0. The number of hydrogen-bond acceptors (Lipinski definition) is 2. The number of hydrogen-bond donors (Lipinski definition) is 0. The lowest BCUT2D eigenvalue weighted by Crippen LogP contribution is -2.15. The molecule has 2 heteroatoms. The average molecular weight is 594 g/mol. The Kier molecular flexibility index (Phi) is 5.78. The SMILES string of the molecule is CC1(C)c2ccccc2-c2cc(N(c3cccc(-c4ccccc4)c3)c3cc4c5ccccc5sc4c4ccccc34)ccc21. The third-order valence-electron chi connectivity index (χ3n) is 9.64. The van der Waals surface area contributed by atoms with Crippen LogP contribution in [-0.4, -0.2) is 0 Å². The summed E-state index contributed by atoms with van der Waals surface area (Å²) >= 11 is 1.89. The summed E-state index contributed by atoms with van der Waals surface area (Å²) in [6.45, 7) is 4.70. The van der Waals surface area contributed by atoms with Crippen molar-refractivity contribution in [2.24, 2.45) is 0 Å². The summed E-state index contributed by atoms with van der Waals surface area (Å²) in [7, 11) is 0. The second-order valence-electron chi connectivity index (χ2n) is 12.6. The van der Waals surface area contributed by atoms with Crippen LogP contribution < -0.4 is 4.90 Å². The van der Waals surface area contributed by atoms with E-state index in [2.05, 4.69) is 170 Å². The smallest absolute Gasteiger partial charge is 0.0547 e. The molecule has 1 aliphatic rings. The topological polar surface area (TPSA) is 3.24 Å². The van der Waals surface area contributed by atoms with Gasteiger partial charge in [-0.25, -0.2) is 0 Å². The lowest BCUT2D eigenvalue weighted by Gasteiger charge is -2.29. The van der Waals surface area contributed by atoms with E-state index in [-0.39, 0.29) is 5.41 Å². The number of fused-ring (bicyclic) bond motifs is 8. The Balaban J connectivity index is 1.35. The Morgan fingerprint density at radius 3 is 2.00 bits per heavy atom. The van der Waals surface area contributed by atoms with Gasteiger partial charge in [-0.3, -0.25) is 0 Å². The summed E-state index contributed by atoms with van der Waals surface area (Å²) in [6.07, 6.45) is 0. The molecule has 7 aromatic carbocycles. The maximum atomic E-state index is 2.48. The van der Waals surface area contributed by atoms with Crippen molar-refractivity contribution in [2.45, 2.75) is 19.3 Å². The molecule has 0 atom stereocenters. The van der Waals surface area contributed by atoms with Crippen LogP contribution in [0, 0.1) is 0 Å². The monoisotopic (exact) mass is 593 g/mol. The molecule has 1 aromatic heterocycles. The first-order chi connectivity index (χ1) is 22.1. The Labute approximate surface area is 267 Å². The van der Waals surface area contributed by atoms with Gasteiger partial charge in [-0.1, -0.05) is 129 Å². The predicted octanol–water partition coefficient (Wildman–Crippen LogP) is 12.7. The maximum Gasteiger partial charge on any atom is 0.0547 e. The molecule has 0 saturated carbocycles. The van der Waals surface area contributed by atoms with Crippen LogP contribution in [0.4, 0.5) is 17.1 Å². The maximum absolute atomic E-state index is 2.48. The van der Waals surface area contributed by atoms with Crippen molar-refractivity contribution in [3.8, 4) is 22.3 Å². The van der Waals surface area contributed by atoms with Gasteiger partial charge >= 0.3 is 0 Å². The molecule has 0 aliphatic heterocycles. The van der Waals surface area contributed by atoms with E-state index in [9.17, 15) is 0 Å². The number of thiophene rings is 1. The van der Waals surface area contributed by atoms with Crippen molar-refractivity contribution in [1.29, 1.82) is 0 Å². The zero-order valence-electron chi connectivity index (χ0n) is 25.3. The van der Waals surface area contributed by atoms with E-state index >= 15 is 0 Å². The van der Waals surface area contributed by atoms with Crippen LogP contribution in [0.25, 0.3) is 53.2 Å². The first kappa shape index (κ1) is 26.2. The molecule has 0 radical (unpaired) electrons. The van der Waals surface area contributed by atoms with Gasteiger partial charge < -0.3 is 4.90 Å². The van der Waals surface area contributed by atoms with Crippen LogP contribution in [0.15, 0.2) is 152 Å². The average Bonchev–Trinajstić information content (AvgIpc) is 3.58. The molecule has 0 unspecified atom stereocenters. The second-order valence-corrected chi connectivity index (χ2v) is 13.6. The zero-order valence-corrected chi connectivity index (χ0v) is 26.1. The Hall–Kier alpha value is -5.18. The van der Waals surface area contributed by atoms with Gasteiger partial charge in [0.05, 0.1) is 5.69 Å². The first-order valence-corrected chi connectivity index (χ1v) is 16.4. The van der Waals surface area contributed by atoms with E-state index in [1.54, 1.807) is 0 Å². The standard InChI is InChI=1S/C43H31NS/c1-43(2)38-21-10-8-17-32(38)36-26-31(23-24-39(36)43)44(30-16-12-15-29(25-30)28-13-4-3-5-14-28)40-27-37-34-19-9-11-22-41(34)45-42(37)35-20-7-6-18-33(35)40/h3-27H,1-2H3.